The molecule has 0 saturated heterocycles. The number of aromatic hydroxyl groups is 1. The average molecular weight is 665 g/mol. The van der Waals surface area contributed by atoms with Gasteiger partial charge in [0.15, 0.2) is 34.7 Å². The van der Waals surface area contributed by atoms with Gasteiger partial charge >= 0.3 is 0 Å². The maximum absolute atomic E-state index is 14.8. The maximum Gasteiger partial charge on any atom is 0.235 e. The summed E-state index contributed by atoms with van der Waals surface area (Å²) < 4.78 is 0. The number of likely N-dealkylation sites (N-methyl/N-ethyl adjacent to an activating group) is 1. The van der Waals surface area contributed by atoms with Crippen LogP contribution < -0.4 is 5.73 Å². The average Bonchev–Trinajstić information content (AvgIpc) is 3.02. The van der Waals surface area contributed by atoms with E-state index in [-0.39, 0.29) is 29.7 Å². The first-order chi connectivity index (χ1) is 23.0. The first kappa shape index (κ1) is 34.5. The second kappa shape index (κ2) is 11.9. The largest absolute Gasteiger partial charge is 0.506 e. The number of allylic oxidation sites excluding steroid dienone is 2. The van der Waals surface area contributed by atoms with E-state index in [0.29, 0.717) is 17.0 Å². The Morgan fingerprint density at radius 3 is 2.27 bits per heavy atom. The highest BCUT2D eigenvalue weighted by atomic mass is 16.3. The lowest BCUT2D eigenvalue weighted by atomic mass is 9.42. The zero-order valence-electron chi connectivity index (χ0n) is 29.0. The Morgan fingerprint density at radius 2 is 1.69 bits per heavy atom. The highest BCUT2D eigenvalue weighted by molar-refractivity contribution is 6.33. The molecule has 0 aliphatic heterocycles. The molecule has 6 atom stereocenters. The van der Waals surface area contributed by atoms with Crippen LogP contribution >= 0.6 is 0 Å². The van der Waals surface area contributed by atoms with E-state index in [1.807, 2.05) is 24.3 Å². The third-order valence-corrected chi connectivity index (χ3v) is 11.5. The smallest absolute Gasteiger partial charge is 0.235 e. The van der Waals surface area contributed by atoms with Gasteiger partial charge in [-0.05, 0) is 97.8 Å². The Kier molecular flexibility index (Phi) is 8.36. The van der Waals surface area contributed by atoms with Gasteiger partial charge in [0.2, 0.25) is 5.91 Å². The molecule has 256 valence electrons. The predicted octanol–water partition coefficient (Wildman–Crippen LogP) is 4.29. The van der Waals surface area contributed by atoms with E-state index in [1.54, 1.807) is 27.1 Å². The first-order valence-corrected chi connectivity index (χ1v) is 17.0. The molecule has 4 N–H and O–H groups in total. The number of Topliss-reactive ketones (excluding diaryl/α,β-unsaturated/α-hetero) is 4. The second-order valence-electron chi connectivity index (χ2n) is 15.4. The van der Waals surface area contributed by atoms with Gasteiger partial charge in [0.05, 0.1) is 23.1 Å². The molecule has 2 saturated carbocycles. The summed E-state index contributed by atoms with van der Waals surface area (Å²) in [4.78, 5) is 71.1. The minimum atomic E-state index is -2.86. The van der Waals surface area contributed by atoms with Crippen molar-refractivity contribution < 1.29 is 34.2 Å². The van der Waals surface area contributed by atoms with Crippen molar-refractivity contribution in [1.82, 2.24) is 4.90 Å². The standard InChI is InChI=1S/C40H44N2O7/c1-21(2)23-14-16-24(17-15-23)26-18-25(13-12-22-10-8-7-9-11-22)31(43)28-27(26)19-38(3)20-39(4)34(42(5)6)33(45)29(37(41)48)35(46)40(39,49)36(47)30(38)32(28)44/h10,14-18,21,29-30,34,43,49H,7-9,11,19-20H2,1-6H3,(H2,41,48)/t29?,30?,34-,38+,39+,40-/m1/s1. The van der Waals surface area contributed by atoms with Crippen molar-refractivity contribution in [2.75, 3.05) is 14.1 Å². The molecule has 1 amide bonds. The number of hydrogen-bond acceptors (Lipinski definition) is 8. The number of primary amides is 1. The number of ketones is 4. The summed E-state index contributed by atoms with van der Waals surface area (Å²) in [5.41, 5.74) is 4.06. The van der Waals surface area contributed by atoms with Crippen LogP contribution in [0.2, 0.25) is 0 Å². The summed E-state index contributed by atoms with van der Waals surface area (Å²) >= 11 is 0. The third-order valence-electron chi connectivity index (χ3n) is 11.5. The van der Waals surface area contributed by atoms with Crippen molar-refractivity contribution in [3.63, 3.8) is 0 Å². The van der Waals surface area contributed by atoms with Crippen LogP contribution in [0.1, 0.15) is 92.8 Å². The maximum atomic E-state index is 14.8. The Labute approximate surface area is 286 Å². The number of nitrogens with two attached hydrogens (primary N) is 1. The number of benzene rings is 2. The number of amides is 1. The Bertz CT molecular complexity index is 1910. The SMILES string of the molecule is CC(C)c1ccc(-c2cc(C#CC3=CCCCC3)c(O)c3c2C[C@@]2(C)C[C@@]4(C)[C@H](N(C)C)C(=O)C(C(N)=O)C(=O)[C@@]4(O)C(=O)C2C3=O)cc1. The molecule has 2 unspecified atom stereocenters. The summed E-state index contributed by atoms with van der Waals surface area (Å²) in [5, 5.41) is 24.0. The monoisotopic (exact) mass is 664 g/mol. The lowest BCUT2D eigenvalue weighted by molar-refractivity contribution is -0.203. The number of nitrogens with zero attached hydrogens (tertiary/aromatic N) is 1. The summed E-state index contributed by atoms with van der Waals surface area (Å²) in [6.07, 6.45) is 5.99. The summed E-state index contributed by atoms with van der Waals surface area (Å²) in [7, 11) is 3.15. The van der Waals surface area contributed by atoms with Gasteiger partial charge in [0.25, 0.3) is 0 Å². The molecule has 9 nitrogen and oxygen atoms in total. The number of carbonyl (C=O) groups excluding carboxylic acids is 5. The van der Waals surface area contributed by atoms with E-state index in [1.165, 1.54) is 11.8 Å². The minimum Gasteiger partial charge on any atom is -0.506 e. The zero-order valence-corrected chi connectivity index (χ0v) is 29.0. The molecule has 6 rings (SSSR count). The number of phenols is 1. The predicted molar refractivity (Wildman–Crippen MR) is 184 cm³/mol. The van der Waals surface area contributed by atoms with Gasteiger partial charge in [-0.2, -0.15) is 0 Å². The lowest BCUT2D eigenvalue weighted by Gasteiger charge is -2.61. The fourth-order valence-electron chi connectivity index (χ4n) is 9.29. The summed E-state index contributed by atoms with van der Waals surface area (Å²) in [6, 6.07) is 8.55. The van der Waals surface area contributed by atoms with Crippen LogP contribution in [0.3, 0.4) is 0 Å². The van der Waals surface area contributed by atoms with Crippen LogP contribution in [0.15, 0.2) is 42.0 Å². The van der Waals surface area contributed by atoms with Crippen LogP contribution in [0.4, 0.5) is 0 Å². The molecule has 4 aliphatic carbocycles. The van der Waals surface area contributed by atoms with Crippen LogP contribution in [0.25, 0.3) is 11.1 Å². The molecule has 0 bridgehead atoms. The first-order valence-electron chi connectivity index (χ1n) is 17.0. The van der Waals surface area contributed by atoms with Crippen molar-refractivity contribution >= 4 is 29.0 Å². The second-order valence-corrected chi connectivity index (χ2v) is 15.4. The number of rotatable bonds is 4. The molecule has 0 spiro atoms. The highest BCUT2D eigenvalue weighted by Gasteiger charge is 2.76. The highest BCUT2D eigenvalue weighted by Crippen LogP contribution is 2.62. The third kappa shape index (κ3) is 5.02. The fourth-order valence-corrected chi connectivity index (χ4v) is 9.29. The molecule has 4 aliphatic rings. The van der Waals surface area contributed by atoms with E-state index in [2.05, 4.69) is 31.8 Å². The summed E-state index contributed by atoms with van der Waals surface area (Å²) in [6.45, 7) is 7.46. The van der Waals surface area contributed by atoms with Gasteiger partial charge in [-0.1, -0.05) is 69.9 Å². The van der Waals surface area contributed by atoms with Gasteiger partial charge in [0.1, 0.15) is 5.75 Å². The van der Waals surface area contributed by atoms with Gasteiger partial charge in [0, 0.05) is 5.41 Å². The van der Waals surface area contributed by atoms with Gasteiger partial charge in [-0.25, -0.2) is 0 Å². The van der Waals surface area contributed by atoms with E-state index < -0.39 is 63.3 Å². The number of hydrogen-bond donors (Lipinski definition) is 3. The summed E-state index contributed by atoms with van der Waals surface area (Å²) in [5.74, 6) is -2.55. The molecule has 0 heterocycles. The molecule has 0 aromatic heterocycles. The number of carbonyl (C=O) groups is 5. The molecular formula is C40H44N2O7. The van der Waals surface area contributed by atoms with Crippen LogP contribution in [0, 0.1) is 34.5 Å². The minimum absolute atomic E-state index is 0.0645. The van der Waals surface area contributed by atoms with Gasteiger partial charge in [-0.3, -0.25) is 28.9 Å². The topological polar surface area (TPSA) is 155 Å². The van der Waals surface area contributed by atoms with Crippen molar-refractivity contribution in [1.29, 1.82) is 0 Å². The van der Waals surface area contributed by atoms with E-state index >= 15 is 0 Å². The van der Waals surface area contributed by atoms with Crippen molar-refractivity contribution in [2.24, 2.45) is 28.4 Å². The normalized spacial score (nSPS) is 31.0. The number of phenolic OH excluding ortho intramolecular Hbond substituents is 1. The van der Waals surface area contributed by atoms with Crippen LogP contribution in [-0.2, 0) is 25.6 Å². The fraction of sp³-hybridized carbons (Fsp3) is 0.475. The van der Waals surface area contributed by atoms with Crippen molar-refractivity contribution in [3.8, 4) is 28.7 Å². The quantitative estimate of drug-likeness (QED) is 0.323. The molecular weight excluding hydrogens is 620 g/mol. The molecule has 2 aromatic carbocycles. The zero-order chi connectivity index (χ0) is 35.8. The van der Waals surface area contributed by atoms with E-state index in [0.717, 1.165) is 42.4 Å². The van der Waals surface area contributed by atoms with Crippen LogP contribution in [-0.4, -0.2) is 69.9 Å². The van der Waals surface area contributed by atoms with E-state index in [9.17, 15) is 34.2 Å². The number of fused-ring (bicyclic) bond motifs is 3. The molecule has 9 heteroatoms. The van der Waals surface area contributed by atoms with Crippen LogP contribution in [0.5, 0.6) is 5.75 Å². The Balaban J connectivity index is 1.58. The van der Waals surface area contributed by atoms with Gasteiger partial charge < -0.3 is 15.9 Å². The Hall–Kier alpha value is -4.39. The van der Waals surface area contributed by atoms with Crippen molar-refractivity contribution in [2.45, 2.75) is 83.8 Å². The lowest BCUT2D eigenvalue weighted by Crippen LogP contribution is -2.79. The van der Waals surface area contributed by atoms with E-state index in [4.69, 9.17) is 5.73 Å². The molecule has 49 heavy (non-hydrogen) atoms. The number of aliphatic hydroxyl groups is 1. The molecule has 0 radical (unpaired) electrons. The van der Waals surface area contributed by atoms with Gasteiger partial charge in [-0.15, -0.1) is 0 Å². The Morgan fingerprint density at radius 1 is 1.02 bits per heavy atom. The van der Waals surface area contributed by atoms with Crippen molar-refractivity contribution in [3.05, 3.63) is 64.2 Å². The molecule has 2 aromatic rings. The molecule has 2 fully saturated rings.